The van der Waals surface area contributed by atoms with E-state index in [2.05, 4.69) is 106 Å². The molecule has 0 spiro atoms. The van der Waals surface area contributed by atoms with E-state index in [1.165, 1.54) is 0 Å². The lowest BCUT2D eigenvalue weighted by atomic mass is 9.86. The number of aromatic nitrogens is 14. The molecule has 6 aliphatic rings. The van der Waals surface area contributed by atoms with Crippen molar-refractivity contribution in [3.05, 3.63) is 126 Å². The first-order valence-corrected chi connectivity index (χ1v) is 29.9. The van der Waals surface area contributed by atoms with Crippen LogP contribution < -0.4 is 52.3 Å². The van der Waals surface area contributed by atoms with Gasteiger partial charge in [-0.2, -0.15) is 15.0 Å². The zero-order chi connectivity index (χ0) is 62.5. The Bertz CT molecular complexity index is 4580. The molecular formula is C62H66N24O4. The second-order valence-electron chi connectivity index (χ2n) is 25.0. The topological polar surface area (TPSA) is 331 Å². The summed E-state index contributed by atoms with van der Waals surface area (Å²) in [6.07, 6.45) is 16.5. The number of hydrogen-bond donors (Lipinski definition) is 7. The summed E-state index contributed by atoms with van der Waals surface area (Å²) >= 11 is 0. The van der Waals surface area contributed by atoms with Crippen LogP contribution in [0.3, 0.4) is 0 Å². The third-order valence-electron chi connectivity index (χ3n) is 17.8. The van der Waals surface area contributed by atoms with Crippen LogP contribution in [0.5, 0.6) is 0 Å². The average molecular weight is 1210 g/mol. The van der Waals surface area contributed by atoms with Gasteiger partial charge < -0.3 is 47.4 Å². The molecule has 10 aromatic rings. The molecule has 2 saturated heterocycles. The van der Waals surface area contributed by atoms with Crippen molar-refractivity contribution < 1.29 is 19.2 Å². The third-order valence-corrected chi connectivity index (χ3v) is 17.8. The Morgan fingerprint density at radius 2 is 0.967 bits per heavy atom. The minimum atomic E-state index is -0.544. The number of carbonyl (C=O) groups excluding carboxylic acids is 4. The molecule has 6 aliphatic heterocycles. The molecule has 0 radical (unpaired) electrons. The lowest BCUT2D eigenvalue weighted by Crippen LogP contribution is -2.33. The van der Waals surface area contributed by atoms with Crippen LogP contribution in [-0.2, 0) is 48.4 Å². The molecule has 2 atom stereocenters. The quantitative estimate of drug-likeness (QED) is 0.0726. The fraction of sp³-hybridized carbons (Fsp3) is 0.339. The third kappa shape index (κ3) is 10.0. The zero-order valence-corrected chi connectivity index (χ0v) is 50.9. The molecule has 7 aromatic heterocycles. The summed E-state index contributed by atoms with van der Waals surface area (Å²) in [5.74, 6) is 3.81. The average Bonchev–Trinajstić information content (AvgIpc) is 2.22. The molecule has 458 valence electrons. The second-order valence-corrected chi connectivity index (χ2v) is 25.0. The number of fused-ring (bicyclic) bond motifs is 7. The second kappa shape index (κ2) is 21.4. The minimum absolute atomic E-state index is 0.00703. The highest BCUT2D eigenvalue weighted by atomic mass is 16.2. The highest BCUT2D eigenvalue weighted by molar-refractivity contribution is 6.08. The largest absolute Gasteiger partial charge is 0.368 e. The van der Waals surface area contributed by atoms with Crippen molar-refractivity contribution in [1.29, 1.82) is 0 Å². The van der Waals surface area contributed by atoms with Gasteiger partial charge in [0.05, 0.1) is 21.9 Å². The summed E-state index contributed by atoms with van der Waals surface area (Å²) < 4.78 is 5.08. The van der Waals surface area contributed by atoms with Crippen LogP contribution in [0.25, 0.3) is 16.9 Å². The molecule has 28 nitrogen and oxygen atoms in total. The van der Waals surface area contributed by atoms with Gasteiger partial charge in [-0.3, -0.25) is 24.1 Å². The summed E-state index contributed by atoms with van der Waals surface area (Å²) in [4.78, 5) is 90.7. The van der Waals surface area contributed by atoms with Gasteiger partial charge in [0.15, 0.2) is 28.7 Å². The van der Waals surface area contributed by atoms with Gasteiger partial charge in [-0.15, -0.1) is 15.3 Å². The Morgan fingerprint density at radius 1 is 0.533 bits per heavy atom. The number of rotatable bonds is 9. The van der Waals surface area contributed by atoms with E-state index in [1.54, 1.807) is 55.6 Å². The lowest BCUT2D eigenvalue weighted by molar-refractivity contribution is -0.120. The summed E-state index contributed by atoms with van der Waals surface area (Å²) in [5, 5.41) is 32.0. The van der Waals surface area contributed by atoms with Gasteiger partial charge in [0.25, 0.3) is 0 Å². The predicted molar refractivity (Wildman–Crippen MR) is 340 cm³/mol. The smallest absolute Gasteiger partial charge is 0.247 e. The van der Waals surface area contributed by atoms with E-state index in [4.69, 9.17) is 10.7 Å². The molecule has 2 unspecified atom stereocenters. The van der Waals surface area contributed by atoms with Gasteiger partial charge in [0, 0.05) is 128 Å². The molecule has 0 bridgehead atoms. The van der Waals surface area contributed by atoms with Crippen LogP contribution in [0.4, 0.5) is 75.4 Å². The Labute approximate surface area is 515 Å². The molecule has 4 amide bonds. The fourth-order valence-corrected chi connectivity index (χ4v) is 12.6. The van der Waals surface area contributed by atoms with E-state index in [0.717, 1.165) is 112 Å². The Morgan fingerprint density at radius 3 is 1.42 bits per heavy atom. The highest BCUT2D eigenvalue weighted by Gasteiger charge is 2.41. The highest BCUT2D eigenvalue weighted by Crippen LogP contribution is 2.42. The minimum Gasteiger partial charge on any atom is -0.368 e. The van der Waals surface area contributed by atoms with Crippen LogP contribution in [-0.4, -0.2) is 118 Å². The molecular weight excluding hydrogens is 1140 g/mol. The number of nitrogens with zero attached hydrogens (tertiary/aromatic N) is 17. The van der Waals surface area contributed by atoms with E-state index < -0.39 is 16.2 Å². The van der Waals surface area contributed by atoms with E-state index in [-0.39, 0.29) is 23.6 Å². The molecule has 16 rings (SSSR count). The summed E-state index contributed by atoms with van der Waals surface area (Å²) in [6, 6.07) is 18.2. The molecule has 2 fully saturated rings. The van der Waals surface area contributed by atoms with Crippen molar-refractivity contribution in [1.82, 2.24) is 68.7 Å². The van der Waals surface area contributed by atoms with E-state index in [9.17, 15) is 19.2 Å². The number of hydrogen-bond acceptors (Lipinski definition) is 21. The van der Waals surface area contributed by atoms with Crippen LogP contribution in [0.1, 0.15) is 109 Å². The van der Waals surface area contributed by atoms with Gasteiger partial charge in [-0.1, -0.05) is 18.2 Å². The first kappa shape index (κ1) is 56.9. The van der Waals surface area contributed by atoms with Crippen LogP contribution in [0, 0.1) is 0 Å². The van der Waals surface area contributed by atoms with Gasteiger partial charge in [0.1, 0.15) is 0 Å². The van der Waals surface area contributed by atoms with Crippen molar-refractivity contribution in [3.63, 3.8) is 0 Å². The van der Waals surface area contributed by atoms with Crippen LogP contribution in [0.2, 0.25) is 0 Å². The van der Waals surface area contributed by atoms with Crippen molar-refractivity contribution >= 4 is 116 Å². The molecule has 3 aromatic carbocycles. The zero-order valence-electron chi connectivity index (χ0n) is 50.9. The Kier molecular flexibility index (Phi) is 13.5. The maximum atomic E-state index is 12.2. The summed E-state index contributed by atoms with van der Waals surface area (Å²) in [7, 11) is 0. The molecule has 0 aliphatic carbocycles. The number of amides is 4. The van der Waals surface area contributed by atoms with Gasteiger partial charge >= 0.3 is 0 Å². The van der Waals surface area contributed by atoms with E-state index in [0.29, 0.717) is 72.5 Å². The van der Waals surface area contributed by atoms with Gasteiger partial charge in [-0.25, -0.2) is 38.5 Å². The number of anilines is 13. The first-order valence-electron chi connectivity index (χ1n) is 29.9. The molecule has 0 saturated carbocycles. The van der Waals surface area contributed by atoms with Crippen LogP contribution in [0.15, 0.2) is 98.0 Å². The fourth-order valence-electron chi connectivity index (χ4n) is 12.6. The Balaban J connectivity index is 0.000000118. The number of benzene rings is 3. The summed E-state index contributed by atoms with van der Waals surface area (Å²) in [5.41, 5.74) is 15.8. The van der Waals surface area contributed by atoms with E-state index in [1.807, 2.05) is 102 Å². The number of carbonyl (C=O) groups is 4. The molecule has 28 heteroatoms. The van der Waals surface area contributed by atoms with Gasteiger partial charge in [0.2, 0.25) is 53.1 Å². The Hall–Kier alpha value is -10.9. The van der Waals surface area contributed by atoms with Gasteiger partial charge in [-0.05, 0) is 128 Å². The SMILES string of the molecule is CC1(C)C(=O)Nc2cc(Nc3nc4c(N5CCCC5=O)nccn4n3)ccc21.CC1(C)C(=O)Nc2cc(Nc3nc4c(N5CCc6nc(N)ncc6C5)nccn4n3)ccc21.CC1CCC(C)N1c1nccn2nc(Nc3ccc4c(c3)NC(=O)C4(C)C)nc12. The lowest BCUT2D eigenvalue weighted by Gasteiger charge is -2.28. The molecule has 90 heavy (non-hydrogen) atoms. The van der Waals surface area contributed by atoms with Crippen molar-refractivity contribution in [3.8, 4) is 0 Å². The normalized spacial score (nSPS) is 18.9. The van der Waals surface area contributed by atoms with Crippen LogP contribution >= 0.6 is 0 Å². The number of nitrogen functional groups attached to an aromatic ring is 1. The maximum absolute atomic E-state index is 12.2. The number of nitrogens with two attached hydrogens (primary N) is 1. The summed E-state index contributed by atoms with van der Waals surface area (Å²) in [6.45, 7) is 18.0. The monoisotopic (exact) mass is 1210 g/mol. The predicted octanol–water partition coefficient (Wildman–Crippen LogP) is 7.73. The maximum Gasteiger partial charge on any atom is 0.247 e. The first-order chi connectivity index (χ1) is 43.2. The standard InChI is InChI=1S/C22H22N10O.C21H25N7O.C19H19N7O2/c1-22(2)14-4-3-13(9-16(14)27-19(22)33)26-21-29-18-17(24-6-8-32(18)30-21)31-7-5-15-12(11-31)10-25-20(23)28-15;1-12-5-6-13(2)28(12)17-18-25-20(26-27(18)10-9-22-17)23-14-7-8-15-16(11-14)24-19(29)21(15,3)4;1-19(2)12-6-5-11(10-13(12)22-17(19)28)21-18-23-16-15(20-7-9-26(16)24-18)25-8-3-4-14(25)27/h3-4,6,8-10H,5,7,11H2,1-2H3,(H,26,30)(H,27,33)(H2,23,25,28);7-13H,5-6H2,1-4H3,(H,23,26)(H,24,29);5-7,9-10H,3-4,8H2,1-2H3,(H,21,24)(H,22,28). The molecule has 13 heterocycles. The number of nitrogens with one attached hydrogen (secondary N) is 6. The van der Waals surface area contributed by atoms with Crippen molar-refractivity contribution in [2.45, 2.75) is 122 Å². The van der Waals surface area contributed by atoms with E-state index >= 15 is 0 Å². The van der Waals surface area contributed by atoms with Crippen molar-refractivity contribution in [2.24, 2.45) is 0 Å². The van der Waals surface area contributed by atoms with Crippen molar-refractivity contribution in [2.75, 3.05) is 65.4 Å². The molecule has 8 N–H and O–H groups in total.